The van der Waals surface area contributed by atoms with Gasteiger partial charge in [-0.05, 0) is 43.4 Å². The average molecular weight is 265 g/mol. The van der Waals surface area contributed by atoms with Gasteiger partial charge in [-0.15, -0.1) is 0 Å². The number of rotatable bonds is 3. The van der Waals surface area contributed by atoms with Gasteiger partial charge in [-0.25, -0.2) is 4.79 Å². The number of halogens is 1. The molecule has 2 aliphatic rings. The molecule has 0 aromatic heterocycles. The molecule has 3 nitrogen and oxygen atoms in total. The Bertz CT molecular complexity index is 485. The Kier molecular flexibility index (Phi) is 2.94. The van der Waals surface area contributed by atoms with E-state index in [4.69, 9.17) is 11.6 Å². The molecule has 0 saturated heterocycles. The lowest BCUT2D eigenvalue weighted by Crippen LogP contribution is -2.38. The summed E-state index contributed by atoms with van der Waals surface area (Å²) in [7, 11) is 0. The number of nitrogens with one attached hydrogen (secondary N) is 2. The van der Waals surface area contributed by atoms with E-state index >= 15 is 0 Å². The van der Waals surface area contributed by atoms with Crippen LogP contribution in [0.5, 0.6) is 0 Å². The van der Waals surface area contributed by atoms with Gasteiger partial charge in [0.2, 0.25) is 0 Å². The predicted molar refractivity (Wildman–Crippen MR) is 72.0 cm³/mol. The fraction of sp³-hybridized carbons (Fsp3) is 0.500. The van der Waals surface area contributed by atoms with Crippen LogP contribution in [-0.2, 0) is 0 Å². The standard InChI is InChI=1S/C14H17ClN2O/c1-8-6-9(2-5-12(8)15)11-7-13(11)17-14(18)16-10-3-4-10/h2,5-6,10-11,13H,3-4,7H2,1H3,(H2,16,17,18). The summed E-state index contributed by atoms with van der Waals surface area (Å²) < 4.78 is 0. The quantitative estimate of drug-likeness (QED) is 0.866. The molecule has 2 aliphatic carbocycles. The molecule has 2 saturated carbocycles. The summed E-state index contributed by atoms with van der Waals surface area (Å²) in [5.74, 6) is 0.450. The molecule has 4 heteroatoms. The number of carbonyl (C=O) groups excluding carboxylic acids is 1. The van der Waals surface area contributed by atoms with Crippen LogP contribution in [0.4, 0.5) is 4.79 Å². The topological polar surface area (TPSA) is 41.1 Å². The molecule has 3 rings (SSSR count). The SMILES string of the molecule is Cc1cc(C2CC2NC(=O)NC2CC2)ccc1Cl. The van der Waals surface area contributed by atoms with Gasteiger partial charge in [0, 0.05) is 23.0 Å². The van der Waals surface area contributed by atoms with Crippen molar-refractivity contribution < 1.29 is 4.79 Å². The first kappa shape index (κ1) is 11.8. The molecule has 2 unspecified atom stereocenters. The third-order valence-corrected chi connectivity index (χ3v) is 4.05. The molecule has 0 radical (unpaired) electrons. The lowest BCUT2D eigenvalue weighted by Gasteiger charge is -2.07. The number of urea groups is 1. The number of benzene rings is 1. The monoisotopic (exact) mass is 264 g/mol. The van der Waals surface area contributed by atoms with Gasteiger partial charge >= 0.3 is 6.03 Å². The van der Waals surface area contributed by atoms with E-state index in [1.54, 1.807) is 0 Å². The molecular weight excluding hydrogens is 248 g/mol. The molecule has 0 spiro atoms. The van der Waals surface area contributed by atoms with Crippen LogP contribution in [0.25, 0.3) is 0 Å². The number of hydrogen-bond donors (Lipinski definition) is 2. The Morgan fingerprint density at radius 2 is 2.11 bits per heavy atom. The van der Waals surface area contributed by atoms with Gasteiger partial charge in [-0.1, -0.05) is 23.7 Å². The van der Waals surface area contributed by atoms with Gasteiger partial charge < -0.3 is 10.6 Å². The molecular formula is C14H17ClN2O. The van der Waals surface area contributed by atoms with E-state index in [1.165, 1.54) is 5.56 Å². The normalized spacial score (nSPS) is 25.7. The highest BCUT2D eigenvalue weighted by Crippen LogP contribution is 2.41. The molecule has 1 aromatic carbocycles. The van der Waals surface area contributed by atoms with Gasteiger partial charge in [-0.3, -0.25) is 0 Å². The van der Waals surface area contributed by atoms with Gasteiger partial charge in [-0.2, -0.15) is 0 Å². The van der Waals surface area contributed by atoms with Gasteiger partial charge in [0.25, 0.3) is 0 Å². The van der Waals surface area contributed by atoms with Crippen molar-refractivity contribution >= 4 is 17.6 Å². The van der Waals surface area contributed by atoms with Crippen LogP contribution in [0.15, 0.2) is 18.2 Å². The largest absolute Gasteiger partial charge is 0.335 e. The maximum Gasteiger partial charge on any atom is 0.315 e. The first-order chi connectivity index (χ1) is 8.63. The van der Waals surface area contributed by atoms with Crippen LogP contribution in [-0.4, -0.2) is 18.1 Å². The minimum absolute atomic E-state index is 0.0179. The van der Waals surface area contributed by atoms with E-state index in [0.717, 1.165) is 29.8 Å². The highest BCUT2D eigenvalue weighted by atomic mass is 35.5. The summed E-state index contributed by atoms with van der Waals surface area (Å²) in [5.41, 5.74) is 2.37. The maximum atomic E-state index is 11.6. The fourth-order valence-corrected chi connectivity index (χ4v) is 2.36. The Morgan fingerprint density at radius 3 is 2.78 bits per heavy atom. The van der Waals surface area contributed by atoms with E-state index < -0.39 is 0 Å². The summed E-state index contributed by atoms with van der Waals surface area (Å²) in [6.45, 7) is 2.01. The molecule has 2 atom stereocenters. The zero-order valence-electron chi connectivity index (χ0n) is 10.4. The van der Waals surface area contributed by atoms with Gasteiger partial charge in [0.15, 0.2) is 0 Å². The molecule has 1 aromatic rings. The molecule has 0 bridgehead atoms. The summed E-state index contributed by atoms with van der Waals surface area (Å²) in [6, 6.07) is 6.79. The number of amides is 2. The number of hydrogen-bond acceptors (Lipinski definition) is 1. The van der Waals surface area contributed by atoms with Crippen molar-refractivity contribution in [3.8, 4) is 0 Å². The minimum Gasteiger partial charge on any atom is -0.335 e. The lowest BCUT2D eigenvalue weighted by molar-refractivity contribution is 0.240. The first-order valence-electron chi connectivity index (χ1n) is 6.46. The summed E-state index contributed by atoms with van der Waals surface area (Å²) in [6.07, 6.45) is 3.27. The number of aryl methyl sites for hydroxylation is 1. The molecule has 2 fully saturated rings. The average Bonchev–Trinajstić information content (AvgIpc) is 3.20. The van der Waals surface area contributed by atoms with Crippen LogP contribution in [0.2, 0.25) is 5.02 Å². The zero-order chi connectivity index (χ0) is 12.7. The molecule has 96 valence electrons. The van der Waals surface area contributed by atoms with Crippen molar-refractivity contribution in [2.75, 3.05) is 0 Å². The smallest absolute Gasteiger partial charge is 0.315 e. The van der Waals surface area contributed by atoms with E-state index in [9.17, 15) is 4.79 Å². The minimum atomic E-state index is -0.0179. The van der Waals surface area contributed by atoms with Crippen LogP contribution >= 0.6 is 11.6 Å². The third-order valence-electron chi connectivity index (χ3n) is 3.63. The van der Waals surface area contributed by atoms with Crippen molar-refractivity contribution in [2.45, 2.75) is 44.2 Å². The zero-order valence-corrected chi connectivity index (χ0v) is 11.1. The van der Waals surface area contributed by atoms with E-state index in [-0.39, 0.29) is 12.1 Å². The van der Waals surface area contributed by atoms with Gasteiger partial charge in [0.1, 0.15) is 0 Å². The summed E-state index contributed by atoms with van der Waals surface area (Å²) >= 11 is 6.01. The summed E-state index contributed by atoms with van der Waals surface area (Å²) in [5, 5.41) is 6.77. The fourth-order valence-electron chi connectivity index (χ4n) is 2.24. The van der Waals surface area contributed by atoms with E-state index in [0.29, 0.717) is 12.0 Å². The molecule has 2 N–H and O–H groups in total. The van der Waals surface area contributed by atoms with Crippen molar-refractivity contribution in [2.24, 2.45) is 0 Å². The van der Waals surface area contributed by atoms with E-state index in [1.807, 2.05) is 13.0 Å². The number of carbonyl (C=O) groups is 1. The van der Waals surface area contributed by atoms with Crippen LogP contribution in [0, 0.1) is 6.92 Å². The van der Waals surface area contributed by atoms with Crippen molar-refractivity contribution in [1.29, 1.82) is 0 Å². The maximum absolute atomic E-state index is 11.6. The summed E-state index contributed by atoms with van der Waals surface area (Å²) in [4.78, 5) is 11.6. The predicted octanol–water partition coefficient (Wildman–Crippen LogP) is 2.97. The second-order valence-corrected chi connectivity index (χ2v) is 5.76. The lowest BCUT2D eigenvalue weighted by atomic mass is 10.1. The Morgan fingerprint density at radius 1 is 1.33 bits per heavy atom. The molecule has 18 heavy (non-hydrogen) atoms. The van der Waals surface area contributed by atoms with Crippen LogP contribution < -0.4 is 10.6 Å². The second-order valence-electron chi connectivity index (χ2n) is 5.35. The van der Waals surface area contributed by atoms with Crippen molar-refractivity contribution in [3.05, 3.63) is 34.3 Å². The van der Waals surface area contributed by atoms with E-state index in [2.05, 4.69) is 22.8 Å². The van der Waals surface area contributed by atoms with Crippen molar-refractivity contribution in [3.63, 3.8) is 0 Å². The second kappa shape index (κ2) is 4.47. The molecule has 0 aliphatic heterocycles. The Balaban J connectivity index is 1.56. The van der Waals surface area contributed by atoms with Crippen LogP contribution in [0.1, 0.15) is 36.3 Å². The molecule has 0 heterocycles. The first-order valence-corrected chi connectivity index (χ1v) is 6.84. The molecule has 2 amide bonds. The third kappa shape index (κ3) is 2.61. The van der Waals surface area contributed by atoms with Crippen molar-refractivity contribution in [1.82, 2.24) is 10.6 Å². The Hall–Kier alpha value is -1.22. The highest BCUT2D eigenvalue weighted by Gasteiger charge is 2.40. The van der Waals surface area contributed by atoms with Crippen LogP contribution in [0.3, 0.4) is 0 Å². The highest BCUT2D eigenvalue weighted by molar-refractivity contribution is 6.31. The Labute approximate surface area is 112 Å². The van der Waals surface area contributed by atoms with Gasteiger partial charge in [0.05, 0.1) is 0 Å².